The molecule has 2 aromatic rings. The summed E-state index contributed by atoms with van der Waals surface area (Å²) in [6, 6.07) is 6.25. The number of aryl methyl sites for hydroxylation is 1. The van der Waals surface area contributed by atoms with Crippen LogP contribution in [0.15, 0.2) is 22.7 Å². The molecular weight excluding hydrogens is 252 g/mol. The zero-order chi connectivity index (χ0) is 11.2. The van der Waals surface area contributed by atoms with E-state index in [-0.39, 0.29) is 5.54 Å². The van der Waals surface area contributed by atoms with Crippen LogP contribution in [0, 0.1) is 6.92 Å². The van der Waals surface area contributed by atoms with Crippen molar-refractivity contribution in [2.24, 2.45) is 5.73 Å². The van der Waals surface area contributed by atoms with Crippen LogP contribution < -0.4 is 5.73 Å². The maximum atomic E-state index is 6.11. The number of rotatable bonds is 1. The number of halogens is 1. The van der Waals surface area contributed by atoms with E-state index < -0.39 is 0 Å². The van der Waals surface area contributed by atoms with Crippen LogP contribution in [0.3, 0.4) is 0 Å². The third-order valence-electron chi connectivity index (χ3n) is 2.62. The van der Waals surface area contributed by atoms with E-state index in [1.165, 1.54) is 10.9 Å². The van der Waals surface area contributed by atoms with Gasteiger partial charge in [0.15, 0.2) is 0 Å². The lowest BCUT2D eigenvalue weighted by molar-refractivity contribution is 0.537. The fourth-order valence-electron chi connectivity index (χ4n) is 1.78. The maximum Gasteiger partial charge on any atom is 0.0516 e. The van der Waals surface area contributed by atoms with Crippen molar-refractivity contribution in [1.82, 2.24) is 4.98 Å². The fourth-order valence-corrected chi connectivity index (χ4v) is 2.72. The maximum absolute atomic E-state index is 6.11. The Bertz CT molecular complexity index is 506. The molecule has 80 valence electrons. The zero-order valence-electron chi connectivity index (χ0n) is 9.19. The lowest BCUT2D eigenvalue weighted by Gasteiger charge is -2.17. The normalized spacial score (nSPS) is 12.3. The van der Waals surface area contributed by atoms with Crippen molar-refractivity contribution in [1.29, 1.82) is 0 Å². The Hall–Kier alpha value is -0.800. The molecule has 3 N–H and O–H groups in total. The van der Waals surface area contributed by atoms with Crippen LogP contribution in [0.4, 0.5) is 0 Å². The standard InChI is InChI=1S/C12H15BrN2/c1-7-5-4-6-8-9(13)11(12(2,3)14)15-10(7)8/h4-6,15H,14H2,1-3H3. The molecule has 0 spiro atoms. The minimum absolute atomic E-state index is 0.357. The summed E-state index contributed by atoms with van der Waals surface area (Å²) in [6.07, 6.45) is 0. The summed E-state index contributed by atoms with van der Waals surface area (Å²) < 4.78 is 1.08. The molecule has 0 aliphatic rings. The van der Waals surface area contributed by atoms with E-state index in [4.69, 9.17) is 5.73 Å². The Kier molecular flexibility index (Phi) is 2.40. The lowest BCUT2D eigenvalue weighted by atomic mass is 10.0. The molecule has 0 saturated carbocycles. The van der Waals surface area contributed by atoms with Crippen molar-refractivity contribution in [3.8, 4) is 0 Å². The zero-order valence-corrected chi connectivity index (χ0v) is 10.8. The summed E-state index contributed by atoms with van der Waals surface area (Å²) in [5.41, 5.74) is 9.21. The number of aromatic amines is 1. The van der Waals surface area contributed by atoms with Gasteiger partial charge in [-0.15, -0.1) is 0 Å². The minimum Gasteiger partial charge on any atom is -0.356 e. The van der Waals surface area contributed by atoms with E-state index >= 15 is 0 Å². The molecule has 0 saturated heterocycles. The third kappa shape index (κ3) is 1.70. The van der Waals surface area contributed by atoms with E-state index in [1.807, 2.05) is 13.8 Å². The van der Waals surface area contributed by atoms with E-state index in [2.05, 4.69) is 46.0 Å². The molecule has 0 bridgehead atoms. The molecule has 2 nitrogen and oxygen atoms in total. The van der Waals surface area contributed by atoms with Gasteiger partial charge in [-0.2, -0.15) is 0 Å². The van der Waals surface area contributed by atoms with Crippen LogP contribution in [0.5, 0.6) is 0 Å². The summed E-state index contributed by atoms with van der Waals surface area (Å²) in [5.74, 6) is 0. The number of nitrogens with two attached hydrogens (primary N) is 1. The van der Waals surface area contributed by atoms with Crippen molar-refractivity contribution < 1.29 is 0 Å². The van der Waals surface area contributed by atoms with Crippen LogP contribution in [-0.2, 0) is 5.54 Å². The molecule has 1 heterocycles. The van der Waals surface area contributed by atoms with Crippen molar-refractivity contribution in [3.05, 3.63) is 33.9 Å². The van der Waals surface area contributed by atoms with Gasteiger partial charge in [0.25, 0.3) is 0 Å². The van der Waals surface area contributed by atoms with Gasteiger partial charge in [0, 0.05) is 21.1 Å². The van der Waals surface area contributed by atoms with Crippen LogP contribution in [0.2, 0.25) is 0 Å². The molecule has 15 heavy (non-hydrogen) atoms. The van der Waals surface area contributed by atoms with Gasteiger partial charge in [-0.3, -0.25) is 0 Å². The van der Waals surface area contributed by atoms with Gasteiger partial charge in [0.1, 0.15) is 0 Å². The van der Waals surface area contributed by atoms with E-state index in [0.29, 0.717) is 0 Å². The molecule has 0 amide bonds. The van der Waals surface area contributed by atoms with Crippen molar-refractivity contribution >= 4 is 26.8 Å². The Morgan fingerprint density at radius 1 is 1.33 bits per heavy atom. The Morgan fingerprint density at radius 3 is 2.53 bits per heavy atom. The van der Waals surface area contributed by atoms with E-state index in [0.717, 1.165) is 15.7 Å². The largest absolute Gasteiger partial charge is 0.356 e. The van der Waals surface area contributed by atoms with Crippen molar-refractivity contribution in [3.63, 3.8) is 0 Å². The lowest BCUT2D eigenvalue weighted by Crippen LogP contribution is -2.29. The van der Waals surface area contributed by atoms with Gasteiger partial charge >= 0.3 is 0 Å². The highest BCUT2D eigenvalue weighted by Gasteiger charge is 2.21. The minimum atomic E-state index is -0.357. The number of benzene rings is 1. The highest BCUT2D eigenvalue weighted by atomic mass is 79.9. The molecule has 2 rings (SSSR count). The van der Waals surface area contributed by atoms with Crippen molar-refractivity contribution in [2.75, 3.05) is 0 Å². The van der Waals surface area contributed by atoms with Gasteiger partial charge < -0.3 is 10.7 Å². The molecule has 0 radical (unpaired) electrons. The molecule has 3 heteroatoms. The second-order valence-corrected chi connectivity index (χ2v) is 5.33. The molecule has 0 aliphatic carbocycles. The fraction of sp³-hybridized carbons (Fsp3) is 0.333. The number of hydrogen-bond acceptors (Lipinski definition) is 1. The second-order valence-electron chi connectivity index (χ2n) is 4.53. The van der Waals surface area contributed by atoms with Crippen LogP contribution in [-0.4, -0.2) is 4.98 Å². The highest BCUT2D eigenvalue weighted by Crippen LogP contribution is 2.34. The van der Waals surface area contributed by atoms with Crippen LogP contribution in [0.25, 0.3) is 10.9 Å². The number of hydrogen-bond donors (Lipinski definition) is 2. The molecular formula is C12H15BrN2. The predicted molar refractivity (Wildman–Crippen MR) is 67.9 cm³/mol. The average Bonchev–Trinajstić information content (AvgIpc) is 2.45. The van der Waals surface area contributed by atoms with Crippen LogP contribution >= 0.6 is 15.9 Å². The van der Waals surface area contributed by atoms with Gasteiger partial charge in [-0.25, -0.2) is 0 Å². The first-order chi connectivity index (χ1) is 6.91. The highest BCUT2D eigenvalue weighted by molar-refractivity contribution is 9.10. The summed E-state index contributed by atoms with van der Waals surface area (Å²) >= 11 is 3.61. The smallest absolute Gasteiger partial charge is 0.0516 e. The summed E-state index contributed by atoms with van der Waals surface area (Å²) in [6.45, 7) is 6.09. The third-order valence-corrected chi connectivity index (χ3v) is 3.45. The summed E-state index contributed by atoms with van der Waals surface area (Å²) in [4.78, 5) is 3.40. The van der Waals surface area contributed by atoms with Gasteiger partial charge in [-0.1, -0.05) is 18.2 Å². The molecule has 1 aromatic heterocycles. The summed E-state index contributed by atoms with van der Waals surface area (Å²) in [7, 11) is 0. The first kappa shape index (κ1) is 10.7. The van der Waals surface area contributed by atoms with Crippen LogP contribution in [0.1, 0.15) is 25.1 Å². The molecule has 0 atom stereocenters. The number of H-pyrrole nitrogens is 1. The molecule has 1 aromatic carbocycles. The molecule has 0 fully saturated rings. The summed E-state index contributed by atoms with van der Waals surface area (Å²) in [5, 5.41) is 1.20. The average molecular weight is 267 g/mol. The Morgan fingerprint density at radius 2 is 2.00 bits per heavy atom. The topological polar surface area (TPSA) is 41.8 Å². The monoisotopic (exact) mass is 266 g/mol. The Balaban J connectivity index is 2.81. The van der Waals surface area contributed by atoms with Gasteiger partial charge in [0.2, 0.25) is 0 Å². The second kappa shape index (κ2) is 3.35. The Labute approximate surface area is 98.0 Å². The molecule has 0 aliphatic heterocycles. The van der Waals surface area contributed by atoms with Crippen molar-refractivity contribution in [2.45, 2.75) is 26.3 Å². The predicted octanol–water partition coefficient (Wildman–Crippen LogP) is 3.43. The number of aromatic nitrogens is 1. The van der Waals surface area contributed by atoms with Gasteiger partial charge in [-0.05, 0) is 42.3 Å². The number of fused-ring (bicyclic) bond motifs is 1. The quantitative estimate of drug-likeness (QED) is 0.816. The van der Waals surface area contributed by atoms with E-state index in [1.54, 1.807) is 0 Å². The van der Waals surface area contributed by atoms with E-state index in [9.17, 15) is 0 Å². The first-order valence-electron chi connectivity index (χ1n) is 4.97. The number of nitrogens with one attached hydrogen (secondary N) is 1. The molecule has 0 unspecified atom stereocenters. The number of para-hydroxylation sites is 1. The SMILES string of the molecule is Cc1cccc2c(Br)c(C(C)(C)N)[nH]c12. The van der Waals surface area contributed by atoms with Gasteiger partial charge in [0.05, 0.1) is 5.54 Å². The first-order valence-corrected chi connectivity index (χ1v) is 5.76.